The molecule has 0 spiro atoms. The number of hydrogen-bond donors (Lipinski definition) is 3. The minimum absolute atomic E-state index is 0.0919. The molecule has 0 aromatic heterocycles. The van der Waals surface area contributed by atoms with Gasteiger partial charge >= 0.3 is 0 Å². The average Bonchev–Trinajstić information content (AvgIpc) is 2.76. The lowest BCUT2D eigenvalue weighted by molar-refractivity contribution is 0.0976. The van der Waals surface area contributed by atoms with Crippen molar-refractivity contribution >= 4 is 56.4 Å². The van der Waals surface area contributed by atoms with E-state index < -0.39 is 0 Å². The highest BCUT2D eigenvalue weighted by Gasteiger charge is 2.14. The zero-order valence-electron chi connectivity index (χ0n) is 16.6. The molecule has 6 nitrogen and oxygen atoms in total. The standard InChI is InChI=1S/C23H20BrN3O3S/c1-2-30-18-13-11-17(12-14-18)25-22(29)19-5-3-4-6-20(19)26-23(31)27-21(28)15-7-9-16(24)10-8-15/h3-14H,2H2,1H3,(H,25,29)(H2,26,27,28,31). The van der Waals surface area contributed by atoms with Gasteiger partial charge in [0.2, 0.25) is 0 Å². The average molecular weight is 498 g/mol. The Morgan fingerprint density at radius 1 is 0.903 bits per heavy atom. The highest BCUT2D eigenvalue weighted by atomic mass is 79.9. The lowest BCUT2D eigenvalue weighted by atomic mass is 10.1. The largest absolute Gasteiger partial charge is 0.494 e. The molecule has 0 radical (unpaired) electrons. The second-order valence-electron chi connectivity index (χ2n) is 6.37. The van der Waals surface area contributed by atoms with Crippen molar-refractivity contribution in [3.05, 3.63) is 88.4 Å². The number of benzene rings is 3. The van der Waals surface area contributed by atoms with Crippen LogP contribution in [0.25, 0.3) is 0 Å². The first kappa shape index (κ1) is 22.5. The summed E-state index contributed by atoms with van der Waals surface area (Å²) in [6.07, 6.45) is 0. The Hall–Kier alpha value is -3.23. The number of carbonyl (C=O) groups excluding carboxylic acids is 2. The zero-order valence-corrected chi connectivity index (χ0v) is 19.0. The van der Waals surface area contributed by atoms with Gasteiger partial charge < -0.3 is 15.4 Å². The Morgan fingerprint density at radius 2 is 1.58 bits per heavy atom. The van der Waals surface area contributed by atoms with Crippen LogP contribution in [0.5, 0.6) is 5.75 Å². The summed E-state index contributed by atoms with van der Waals surface area (Å²) in [6.45, 7) is 2.48. The molecule has 0 atom stereocenters. The fraction of sp³-hybridized carbons (Fsp3) is 0.0870. The summed E-state index contributed by atoms with van der Waals surface area (Å²) in [7, 11) is 0. The van der Waals surface area contributed by atoms with Crippen LogP contribution in [0.2, 0.25) is 0 Å². The molecule has 0 heterocycles. The van der Waals surface area contributed by atoms with Gasteiger partial charge in [0.05, 0.1) is 17.9 Å². The van der Waals surface area contributed by atoms with E-state index in [0.717, 1.165) is 10.2 Å². The number of para-hydroxylation sites is 1. The van der Waals surface area contributed by atoms with Gasteiger partial charge in [-0.3, -0.25) is 14.9 Å². The van der Waals surface area contributed by atoms with E-state index in [1.54, 1.807) is 72.8 Å². The molecule has 31 heavy (non-hydrogen) atoms. The number of ether oxygens (including phenoxy) is 1. The molecule has 0 aliphatic rings. The van der Waals surface area contributed by atoms with Crippen molar-refractivity contribution in [2.45, 2.75) is 6.92 Å². The lowest BCUT2D eigenvalue weighted by Gasteiger charge is -2.14. The first-order chi connectivity index (χ1) is 15.0. The summed E-state index contributed by atoms with van der Waals surface area (Å²) >= 11 is 8.59. The minimum Gasteiger partial charge on any atom is -0.494 e. The highest BCUT2D eigenvalue weighted by molar-refractivity contribution is 9.10. The van der Waals surface area contributed by atoms with Crippen LogP contribution in [0.15, 0.2) is 77.3 Å². The minimum atomic E-state index is -0.346. The number of hydrogen-bond acceptors (Lipinski definition) is 4. The van der Waals surface area contributed by atoms with Crippen LogP contribution in [0, 0.1) is 0 Å². The van der Waals surface area contributed by atoms with E-state index in [1.807, 2.05) is 6.92 Å². The van der Waals surface area contributed by atoms with E-state index in [1.165, 1.54) is 0 Å². The molecule has 0 unspecified atom stereocenters. The second kappa shape index (κ2) is 10.7. The van der Waals surface area contributed by atoms with Crippen molar-refractivity contribution in [1.82, 2.24) is 5.32 Å². The predicted octanol–water partition coefficient (Wildman–Crippen LogP) is 5.23. The van der Waals surface area contributed by atoms with Crippen LogP contribution >= 0.6 is 28.1 Å². The van der Waals surface area contributed by atoms with Crippen molar-refractivity contribution in [3.8, 4) is 5.75 Å². The predicted molar refractivity (Wildman–Crippen MR) is 130 cm³/mol. The molecule has 3 rings (SSSR count). The molecular weight excluding hydrogens is 478 g/mol. The fourth-order valence-electron chi connectivity index (χ4n) is 2.72. The second-order valence-corrected chi connectivity index (χ2v) is 7.70. The molecule has 0 bridgehead atoms. The van der Waals surface area contributed by atoms with Crippen molar-refractivity contribution in [1.29, 1.82) is 0 Å². The summed E-state index contributed by atoms with van der Waals surface area (Å²) in [5.74, 6) is 0.0741. The first-order valence-electron chi connectivity index (χ1n) is 9.47. The maximum atomic E-state index is 12.8. The van der Waals surface area contributed by atoms with E-state index in [0.29, 0.717) is 29.1 Å². The molecule has 0 saturated heterocycles. The van der Waals surface area contributed by atoms with Crippen molar-refractivity contribution in [2.75, 3.05) is 17.2 Å². The number of amides is 2. The van der Waals surface area contributed by atoms with Gasteiger partial charge in [0.1, 0.15) is 5.75 Å². The van der Waals surface area contributed by atoms with Crippen LogP contribution < -0.4 is 20.7 Å². The quantitative estimate of drug-likeness (QED) is 0.406. The Labute approximate surface area is 194 Å². The van der Waals surface area contributed by atoms with Crippen LogP contribution in [0.3, 0.4) is 0 Å². The molecule has 158 valence electrons. The van der Waals surface area contributed by atoms with Crippen LogP contribution in [-0.2, 0) is 0 Å². The smallest absolute Gasteiger partial charge is 0.257 e. The molecular formula is C23H20BrN3O3S. The lowest BCUT2D eigenvalue weighted by Crippen LogP contribution is -2.34. The van der Waals surface area contributed by atoms with E-state index >= 15 is 0 Å². The number of rotatable bonds is 6. The normalized spacial score (nSPS) is 10.1. The highest BCUT2D eigenvalue weighted by Crippen LogP contribution is 2.20. The molecule has 8 heteroatoms. The third-order valence-corrected chi connectivity index (χ3v) is 4.91. The number of nitrogens with one attached hydrogen (secondary N) is 3. The molecule has 0 fully saturated rings. The van der Waals surface area contributed by atoms with E-state index in [9.17, 15) is 9.59 Å². The number of anilines is 2. The van der Waals surface area contributed by atoms with Gasteiger partial charge in [-0.25, -0.2) is 0 Å². The topological polar surface area (TPSA) is 79.5 Å². The fourth-order valence-corrected chi connectivity index (χ4v) is 3.19. The maximum Gasteiger partial charge on any atom is 0.257 e. The van der Waals surface area contributed by atoms with Crippen LogP contribution in [-0.4, -0.2) is 23.5 Å². The summed E-state index contributed by atoms with van der Waals surface area (Å²) in [4.78, 5) is 25.1. The zero-order chi connectivity index (χ0) is 22.2. The van der Waals surface area contributed by atoms with Gasteiger partial charge in [0.15, 0.2) is 5.11 Å². The van der Waals surface area contributed by atoms with Gasteiger partial charge in [0.25, 0.3) is 11.8 Å². The Bertz CT molecular complexity index is 1090. The van der Waals surface area contributed by atoms with E-state index in [2.05, 4.69) is 31.9 Å². The number of carbonyl (C=O) groups is 2. The van der Waals surface area contributed by atoms with Crippen molar-refractivity contribution in [3.63, 3.8) is 0 Å². The van der Waals surface area contributed by atoms with Crippen molar-refractivity contribution in [2.24, 2.45) is 0 Å². The van der Waals surface area contributed by atoms with Gasteiger partial charge in [-0.15, -0.1) is 0 Å². The Balaban J connectivity index is 1.66. The van der Waals surface area contributed by atoms with Crippen LogP contribution in [0.4, 0.5) is 11.4 Å². The van der Waals surface area contributed by atoms with E-state index in [4.69, 9.17) is 17.0 Å². The molecule has 0 aliphatic carbocycles. The molecule has 3 aromatic rings. The van der Waals surface area contributed by atoms with Crippen LogP contribution in [0.1, 0.15) is 27.6 Å². The van der Waals surface area contributed by atoms with Gasteiger partial charge in [-0.2, -0.15) is 0 Å². The summed E-state index contributed by atoms with van der Waals surface area (Å²) in [6, 6.07) is 20.9. The number of thiocarbonyl (C=S) groups is 1. The summed E-state index contributed by atoms with van der Waals surface area (Å²) in [5, 5.41) is 8.48. The van der Waals surface area contributed by atoms with E-state index in [-0.39, 0.29) is 16.9 Å². The molecule has 3 N–H and O–H groups in total. The monoisotopic (exact) mass is 497 g/mol. The SMILES string of the molecule is CCOc1ccc(NC(=O)c2ccccc2NC(=S)NC(=O)c2ccc(Br)cc2)cc1. The first-order valence-corrected chi connectivity index (χ1v) is 10.7. The van der Waals surface area contributed by atoms with Gasteiger partial charge in [0, 0.05) is 15.7 Å². The third-order valence-electron chi connectivity index (χ3n) is 4.18. The number of halogens is 1. The summed E-state index contributed by atoms with van der Waals surface area (Å²) in [5.41, 5.74) is 1.96. The molecule has 2 amide bonds. The molecule has 0 saturated carbocycles. The molecule has 3 aromatic carbocycles. The third kappa shape index (κ3) is 6.37. The Morgan fingerprint density at radius 3 is 2.26 bits per heavy atom. The van der Waals surface area contributed by atoms with Gasteiger partial charge in [-0.05, 0) is 79.8 Å². The molecule has 0 aliphatic heterocycles. The summed E-state index contributed by atoms with van der Waals surface area (Å²) < 4.78 is 6.28. The maximum absolute atomic E-state index is 12.8. The van der Waals surface area contributed by atoms with Crippen molar-refractivity contribution < 1.29 is 14.3 Å². The van der Waals surface area contributed by atoms with Gasteiger partial charge in [-0.1, -0.05) is 28.1 Å². The Kier molecular flexibility index (Phi) is 7.75.